The summed E-state index contributed by atoms with van der Waals surface area (Å²) in [7, 11) is 0. The summed E-state index contributed by atoms with van der Waals surface area (Å²) in [6.45, 7) is 3.21. The van der Waals surface area contributed by atoms with Gasteiger partial charge in [0.15, 0.2) is 0 Å². The van der Waals surface area contributed by atoms with Crippen LogP contribution in [0.4, 0.5) is 0 Å². The SMILES string of the molecule is CC1CCC(CNC(=O)C2CCC(N)C2)CC1.Cl. The van der Waals surface area contributed by atoms with Gasteiger partial charge >= 0.3 is 0 Å². The predicted octanol–water partition coefficient (Wildman–Crippen LogP) is 2.48. The fourth-order valence-corrected chi connectivity index (χ4v) is 3.18. The van der Waals surface area contributed by atoms with Crippen LogP contribution in [-0.4, -0.2) is 18.5 Å². The minimum Gasteiger partial charge on any atom is -0.356 e. The number of nitrogens with one attached hydrogen (secondary N) is 1. The molecule has 2 saturated carbocycles. The molecule has 18 heavy (non-hydrogen) atoms. The standard InChI is InChI=1S/C14H26N2O.ClH/c1-10-2-4-11(5-3-10)9-16-14(17)12-6-7-13(15)8-12;/h10-13H,2-9,15H2,1H3,(H,16,17);1H. The first-order valence-corrected chi connectivity index (χ1v) is 7.18. The van der Waals surface area contributed by atoms with Gasteiger partial charge in [0.05, 0.1) is 0 Å². The Hall–Kier alpha value is -0.280. The number of rotatable bonds is 3. The van der Waals surface area contributed by atoms with Crippen molar-refractivity contribution in [3.8, 4) is 0 Å². The lowest BCUT2D eigenvalue weighted by Gasteiger charge is -2.26. The van der Waals surface area contributed by atoms with Crippen LogP contribution in [0.5, 0.6) is 0 Å². The van der Waals surface area contributed by atoms with Gasteiger partial charge in [0, 0.05) is 18.5 Å². The fourth-order valence-electron chi connectivity index (χ4n) is 3.18. The van der Waals surface area contributed by atoms with E-state index in [1.54, 1.807) is 0 Å². The molecule has 0 heterocycles. The number of nitrogens with two attached hydrogens (primary N) is 1. The van der Waals surface area contributed by atoms with Crippen LogP contribution in [-0.2, 0) is 4.79 Å². The van der Waals surface area contributed by atoms with Gasteiger partial charge in [-0.3, -0.25) is 4.79 Å². The van der Waals surface area contributed by atoms with Crippen LogP contribution in [0.15, 0.2) is 0 Å². The fraction of sp³-hybridized carbons (Fsp3) is 0.929. The average molecular weight is 275 g/mol. The summed E-state index contributed by atoms with van der Waals surface area (Å²) in [5.74, 6) is 2.03. The Morgan fingerprint density at radius 2 is 1.83 bits per heavy atom. The number of carbonyl (C=O) groups excluding carboxylic acids is 1. The van der Waals surface area contributed by atoms with Gasteiger partial charge in [-0.2, -0.15) is 0 Å². The van der Waals surface area contributed by atoms with Crippen LogP contribution in [0.25, 0.3) is 0 Å². The van der Waals surface area contributed by atoms with Crippen molar-refractivity contribution in [3.63, 3.8) is 0 Å². The Morgan fingerprint density at radius 3 is 2.39 bits per heavy atom. The lowest BCUT2D eigenvalue weighted by atomic mass is 9.83. The Morgan fingerprint density at radius 1 is 1.17 bits per heavy atom. The normalized spacial score (nSPS) is 35.9. The molecule has 3 nitrogen and oxygen atoms in total. The Bertz CT molecular complexity index is 265. The van der Waals surface area contributed by atoms with E-state index in [9.17, 15) is 4.79 Å². The monoisotopic (exact) mass is 274 g/mol. The van der Waals surface area contributed by atoms with Gasteiger partial charge in [0.2, 0.25) is 5.91 Å². The molecule has 2 fully saturated rings. The van der Waals surface area contributed by atoms with E-state index in [0.717, 1.165) is 31.7 Å². The summed E-state index contributed by atoms with van der Waals surface area (Å²) in [5, 5.41) is 3.14. The van der Waals surface area contributed by atoms with Crippen LogP contribution in [0, 0.1) is 17.8 Å². The highest BCUT2D eigenvalue weighted by atomic mass is 35.5. The number of halogens is 1. The van der Waals surface area contributed by atoms with E-state index in [1.807, 2.05) is 0 Å². The zero-order valence-corrected chi connectivity index (χ0v) is 12.2. The maximum absolute atomic E-state index is 11.9. The first-order chi connectivity index (χ1) is 8.15. The lowest BCUT2D eigenvalue weighted by molar-refractivity contribution is -0.125. The van der Waals surface area contributed by atoms with E-state index in [4.69, 9.17) is 5.73 Å². The zero-order chi connectivity index (χ0) is 12.3. The molecule has 0 aromatic rings. The smallest absolute Gasteiger partial charge is 0.223 e. The van der Waals surface area contributed by atoms with E-state index >= 15 is 0 Å². The van der Waals surface area contributed by atoms with Gasteiger partial charge in [0.25, 0.3) is 0 Å². The number of hydrogen-bond acceptors (Lipinski definition) is 2. The third kappa shape index (κ3) is 4.43. The van der Waals surface area contributed by atoms with E-state index in [1.165, 1.54) is 25.7 Å². The van der Waals surface area contributed by atoms with E-state index in [-0.39, 0.29) is 30.3 Å². The largest absolute Gasteiger partial charge is 0.356 e. The highest BCUT2D eigenvalue weighted by Gasteiger charge is 2.28. The summed E-state index contributed by atoms with van der Waals surface area (Å²) < 4.78 is 0. The number of hydrogen-bond donors (Lipinski definition) is 2. The molecule has 1 amide bonds. The van der Waals surface area contributed by atoms with Crippen molar-refractivity contribution in [2.45, 2.75) is 57.9 Å². The van der Waals surface area contributed by atoms with Crippen molar-refractivity contribution in [3.05, 3.63) is 0 Å². The topological polar surface area (TPSA) is 55.1 Å². The molecule has 0 radical (unpaired) electrons. The molecule has 0 spiro atoms. The third-order valence-electron chi connectivity index (χ3n) is 4.54. The van der Waals surface area contributed by atoms with Gasteiger partial charge in [-0.1, -0.05) is 19.8 Å². The Kier molecular flexibility index (Phi) is 6.44. The van der Waals surface area contributed by atoms with Crippen molar-refractivity contribution in [2.75, 3.05) is 6.54 Å². The summed E-state index contributed by atoms with van der Waals surface area (Å²) in [4.78, 5) is 11.9. The van der Waals surface area contributed by atoms with Crippen LogP contribution in [0.3, 0.4) is 0 Å². The Balaban J connectivity index is 0.00000162. The van der Waals surface area contributed by atoms with Crippen LogP contribution < -0.4 is 11.1 Å². The molecule has 2 atom stereocenters. The second kappa shape index (κ2) is 7.34. The first-order valence-electron chi connectivity index (χ1n) is 7.18. The van der Waals surface area contributed by atoms with Gasteiger partial charge in [-0.15, -0.1) is 12.4 Å². The van der Waals surface area contributed by atoms with Crippen LogP contribution in [0.2, 0.25) is 0 Å². The van der Waals surface area contributed by atoms with Gasteiger partial charge in [-0.05, 0) is 43.9 Å². The first kappa shape index (κ1) is 15.8. The van der Waals surface area contributed by atoms with Crippen molar-refractivity contribution in [1.82, 2.24) is 5.32 Å². The minimum atomic E-state index is 0. The molecule has 0 bridgehead atoms. The van der Waals surface area contributed by atoms with E-state index in [2.05, 4.69) is 12.2 Å². The molecule has 3 N–H and O–H groups in total. The summed E-state index contributed by atoms with van der Waals surface area (Å²) in [5.41, 5.74) is 5.84. The molecular formula is C14H27ClN2O. The molecule has 0 aromatic heterocycles. The van der Waals surface area contributed by atoms with Crippen LogP contribution in [0.1, 0.15) is 51.9 Å². The highest BCUT2D eigenvalue weighted by Crippen LogP contribution is 2.28. The zero-order valence-electron chi connectivity index (χ0n) is 11.4. The van der Waals surface area contributed by atoms with Gasteiger partial charge in [0.1, 0.15) is 0 Å². The summed E-state index contributed by atoms with van der Waals surface area (Å²) in [6, 6.07) is 0.251. The Labute approximate surface area is 117 Å². The van der Waals surface area contributed by atoms with Gasteiger partial charge in [-0.25, -0.2) is 0 Å². The molecule has 0 aromatic carbocycles. The quantitative estimate of drug-likeness (QED) is 0.831. The maximum atomic E-state index is 11.9. The van der Waals surface area contributed by atoms with Crippen LogP contribution >= 0.6 is 12.4 Å². The van der Waals surface area contributed by atoms with E-state index < -0.39 is 0 Å². The molecule has 2 unspecified atom stereocenters. The minimum absolute atomic E-state index is 0. The molecule has 2 aliphatic rings. The molecule has 0 saturated heterocycles. The second-order valence-corrected chi connectivity index (χ2v) is 6.14. The highest BCUT2D eigenvalue weighted by molar-refractivity contribution is 5.85. The van der Waals surface area contributed by atoms with Crippen molar-refractivity contribution in [1.29, 1.82) is 0 Å². The van der Waals surface area contributed by atoms with E-state index in [0.29, 0.717) is 5.92 Å². The summed E-state index contributed by atoms with van der Waals surface area (Å²) in [6.07, 6.45) is 8.10. The number of carbonyl (C=O) groups is 1. The molecule has 0 aliphatic heterocycles. The maximum Gasteiger partial charge on any atom is 0.223 e. The van der Waals surface area contributed by atoms with Crippen molar-refractivity contribution < 1.29 is 4.79 Å². The van der Waals surface area contributed by atoms with Crippen molar-refractivity contribution in [2.24, 2.45) is 23.5 Å². The lowest BCUT2D eigenvalue weighted by Crippen LogP contribution is -2.35. The molecule has 106 valence electrons. The average Bonchev–Trinajstić information content (AvgIpc) is 2.75. The number of amides is 1. The molecule has 4 heteroatoms. The van der Waals surface area contributed by atoms with Crippen molar-refractivity contribution >= 4 is 18.3 Å². The summed E-state index contributed by atoms with van der Waals surface area (Å²) >= 11 is 0. The third-order valence-corrected chi connectivity index (χ3v) is 4.54. The molecule has 2 aliphatic carbocycles. The molecular weight excluding hydrogens is 248 g/mol. The second-order valence-electron chi connectivity index (χ2n) is 6.14. The van der Waals surface area contributed by atoms with Gasteiger partial charge < -0.3 is 11.1 Å². The predicted molar refractivity (Wildman–Crippen MR) is 76.7 cm³/mol. The molecule has 2 rings (SSSR count).